The molecule has 0 heterocycles. The first-order chi connectivity index (χ1) is 8.66. The number of anilines is 2. The predicted molar refractivity (Wildman–Crippen MR) is 83.5 cm³/mol. The van der Waals surface area contributed by atoms with Crippen molar-refractivity contribution in [2.24, 2.45) is 5.92 Å². The number of nitrogens with zero attached hydrogens (tertiary/aromatic N) is 1. The van der Waals surface area contributed by atoms with Crippen LogP contribution in [-0.4, -0.2) is 20.6 Å². The number of benzene rings is 1. The molecule has 1 aromatic rings. The smallest absolute Gasteiger partial charge is 0.0597 e. The fourth-order valence-electron chi connectivity index (χ4n) is 2.69. The third-order valence-corrected chi connectivity index (χ3v) is 4.24. The third-order valence-electron chi connectivity index (χ3n) is 3.75. The third kappa shape index (κ3) is 3.64. The van der Waals surface area contributed by atoms with Crippen LogP contribution in [0.3, 0.4) is 0 Å². The van der Waals surface area contributed by atoms with Gasteiger partial charge in [-0.3, -0.25) is 0 Å². The predicted octanol–water partition coefficient (Wildman–Crippen LogP) is 4.51. The van der Waals surface area contributed by atoms with E-state index in [1.807, 2.05) is 0 Å². The molecule has 2 nitrogen and oxygen atoms in total. The van der Waals surface area contributed by atoms with Crippen LogP contribution >= 0.6 is 15.9 Å². The molecule has 1 saturated carbocycles. The van der Waals surface area contributed by atoms with E-state index < -0.39 is 0 Å². The van der Waals surface area contributed by atoms with Crippen LogP contribution in [-0.2, 0) is 0 Å². The highest BCUT2D eigenvalue weighted by Crippen LogP contribution is 2.30. The summed E-state index contributed by atoms with van der Waals surface area (Å²) in [5, 5.41) is 3.63. The maximum Gasteiger partial charge on any atom is 0.0597 e. The molecule has 0 aliphatic heterocycles. The molecule has 2 rings (SSSR count). The molecule has 0 unspecified atom stereocenters. The molecule has 1 fully saturated rings. The zero-order valence-electron chi connectivity index (χ0n) is 11.4. The van der Waals surface area contributed by atoms with Crippen LogP contribution in [0.4, 0.5) is 11.4 Å². The number of halogens is 1. The molecular formula is C15H23BrN2. The second-order valence-electron chi connectivity index (χ2n) is 5.44. The number of rotatable bonds is 4. The molecule has 1 aliphatic carbocycles. The average Bonchev–Trinajstić information content (AvgIpc) is 2.37. The lowest BCUT2D eigenvalue weighted by Gasteiger charge is -2.24. The molecule has 0 spiro atoms. The van der Waals surface area contributed by atoms with Crippen molar-refractivity contribution >= 4 is 27.3 Å². The Morgan fingerprint density at radius 3 is 2.61 bits per heavy atom. The van der Waals surface area contributed by atoms with Crippen molar-refractivity contribution in [3.8, 4) is 0 Å². The minimum atomic E-state index is 0.854. The van der Waals surface area contributed by atoms with Gasteiger partial charge in [0.1, 0.15) is 0 Å². The Morgan fingerprint density at radius 2 is 1.94 bits per heavy atom. The van der Waals surface area contributed by atoms with Gasteiger partial charge in [-0.05, 0) is 37.0 Å². The fourth-order valence-corrected chi connectivity index (χ4v) is 3.05. The van der Waals surface area contributed by atoms with Crippen molar-refractivity contribution in [1.29, 1.82) is 0 Å². The molecule has 1 aromatic carbocycles. The number of hydrogen-bond acceptors (Lipinski definition) is 2. The first-order valence-corrected chi connectivity index (χ1v) is 7.67. The van der Waals surface area contributed by atoms with E-state index in [0.29, 0.717) is 0 Å². The van der Waals surface area contributed by atoms with E-state index in [1.165, 1.54) is 43.5 Å². The highest BCUT2D eigenvalue weighted by molar-refractivity contribution is 9.10. The van der Waals surface area contributed by atoms with Gasteiger partial charge in [-0.25, -0.2) is 0 Å². The van der Waals surface area contributed by atoms with E-state index in [-0.39, 0.29) is 0 Å². The molecule has 0 radical (unpaired) electrons. The van der Waals surface area contributed by atoms with Crippen LogP contribution < -0.4 is 10.2 Å². The first-order valence-electron chi connectivity index (χ1n) is 6.87. The van der Waals surface area contributed by atoms with Crippen LogP contribution in [0, 0.1) is 5.92 Å². The van der Waals surface area contributed by atoms with Crippen molar-refractivity contribution in [2.45, 2.75) is 32.1 Å². The van der Waals surface area contributed by atoms with Crippen LogP contribution in [0.15, 0.2) is 22.7 Å². The van der Waals surface area contributed by atoms with Crippen LogP contribution in [0.25, 0.3) is 0 Å². The monoisotopic (exact) mass is 310 g/mol. The molecule has 100 valence electrons. The van der Waals surface area contributed by atoms with Crippen LogP contribution in [0.2, 0.25) is 0 Å². The van der Waals surface area contributed by atoms with Gasteiger partial charge < -0.3 is 10.2 Å². The van der Waals surface area contributed by atoms with Gasteiger partial charge in [0.2, 0.25) is 0 Å². The SMILES string of the molecule is CN(C)c1ccc(Br)cc1NCC1CCCCC1. The molecule has 0 bridgehead atoms. The lowest BCUT2D eigenvalue weighted by atomic mass is 9.89. The van der Waals surface area contributed by atoms with Gasteiger partial charge in [-0.2, -0.15) is 0 Å². The second-order valence-corrected chi connectivity index (χ2v) is 6.36. The largest absolute Gasteiger partial charge is 0.383 e. The topological polar surface area (TPSA) is 15.3 Å². The molecule has 1 aliphatic rings. The highest BCUT2D eigenvalue weighted by atomic mass is 79.9. The van der Waals surface area contributed by atoms with Crippen molar-refractivity contribution in [3.05, 3.63) is 22.7 Å². The molecule has 0 saturated heterocycles. The minimum absolute atomic E-state index is 0.854. The molecule has 3 heteroatoms. The van der Waals surface area contributed by atoms with Gasteiger partial charge in [0.05, 0.1) is 11.4 Å². The van der Waals surface area contributed by atoms with Gasteiger partial charge >= 0.3 is 0 Å². The van der Waals surface area contributed by atoms with Gasteiger partial charge in [0.25, 0.3) is 0 Å². The average molecular weight is 311 g/mol. The summed E-state index contributed by atoms with van der Waals surface area (Å²) in [6, 6.07) is 6.44. The summed E-state index contributed by atoms with van der Waals surface area (Å²) >= 11 is 3.55. The Morgan fingerprint density at radius 1 is 1.22 bits per heavy atom. The quantitative estimate of drug-likeness (QED) is 0.880. The van der Waals surface area contributed by atoms with Crippen molar-refractivity contribution in [3.63, 3.8) is 0 Å². The summed E-state index contributed by atoms with van der Waals surface area (Å²) < 4.78 is 1.14. The highest BCUT2D eigenvalue weighted by Gasteiger charge is 2.14. The van der Waals surface area contributed by atoms with Crippen molar-refractivity contribution in [2.75, 3.05) is 30.9 Å². The molecule has 1 N–H and O–H groups in total. The van der Waals surface area contributed by atoms with Gasteiger partial charge in [0, 0.05) is 25.1 Å². The van der Waals surface area contributed by atoms with Crippen LogP contribution in [0.1, 0.15) is 32.1 Å². The van der Waals surface area contributed by atoms with E-state index in [1.54, 1.807) is 0 Å². The summed E-state index contributed by atoms with van der Waals surface area (Å²) in [5.41, 5.74) is 2.49. The molecular weight excluding hydrogens is 288 g/mol. The zero-order valence-corrected chi connectivity index (χ0v) is 13.0. The summed E-state index contributed by atoms with van der Waals surface area (Å²) in [6.07, 6.45) is 7.02. The summed E-state index contributed by atoms with van der Waals surface area (Å²) in [4.78, 5) is 2.16. The van der Waals surface area contributed by atoms with Gasteiger partial charge in [0.15, 0.2) is 0 Å². The summed E-state index contributed by atoms with van der Waals surface area (Å²) in [6.45, 7) is 1.11. The van der Waals surface area contributed by atoms with E-state index in [2.05, 4.69) is 58.4 Å². The second kappa shape index (κ2) is 6.46. The molecule has 0 aromatic heterocycles. The Balaban J connectivity index is 2.00. The van der Waals surface area contributed by atoms with Gasteiger partial charge in [-0.1, -0.05) is 35.2 Å². The van der Waals surface area contributed by atoms with Crippen LogP contribution in [0.5, 0.6) is 0 Å². The zero-order chi connectivity index (χ0) is 13.0. The Bertz CT molecular complexity index is 384. The standard InChI is InChI=1S/C15H23BrN2/c1-18(2)15-9-8-13(16)10-14(15)17-11-12-6-4-3-5-7-12/h8-10,12,17H,3-7,11H2,1-2H3. The normalized spacial score (nSPS) is 16.6. The minimum Gasteiger partial charge on any atom is -0.383 e. The molecule has 0 amide bonds. The number of nitrogens with one attached hydrogen (secondary N) is 1. The van der Waals surface area contributed by atoms with E-state index in [4.69, 9.17) is 0 Å². The Kier molecular flexibility index (Phi) is 4.93. The molecule has 0 atom stereocenters. The maximum atomic E-state index is 3.63. The summed E-state index contributed by atoms with van der Waals surface area (Å²) in [5.74, 6) is 0.854. The summed E-state index contributed by atoms with van der Waals surface area (Å²) in [7, 11) is 4.18. The van der Waals surface area contributed by atoms with Crippen molar-refractivity contribution < 1.29 is 0 Å². The number of hydrogen-bond donors (Lipinski definition) is 1. The Labute approximate surface area is 119 Å². The lowest BCUT2D eigenvalue weighted by molar-refractivity contribution is 0.373. The van der Waals surface area contributed by atoms with E-state index >= 15 is 0 Å². The Hall–Kier alpha value is -0.700. The van der Waals surface area contributed by atoms with Gasteiger partial charge in [-0.15, -0.1) is 0 Å². The lowest BCUT2D eigenvalue weighted by Crippen LogP contribution is -2.19. The molecule has 18 heavy (non-hydrogen) atoms. The first kappa shape index (κ1) is 13.7. The fraction of sp³-hybridized carbons (Fsp3) is 0.600. The van der Waals surface area contributed by atoms with E-state index in [0.717, 1.165) is 16.9 Å². The van der Waals surface area contributed by atoms with Crippen molar-refractivity contribution in [1.82, 2.24) is 0 Å². The maximum absolute atomic E-state index is 3.63. The van der Waals surface area contributed by atoms with E-state index in [9.17, 15) is 0 Å².